The molecule has 1 atom stereocenters. The molecule has 1 aromatic carbocycles. The van der Waals surface area contributed by atoms with Crippen LogP contribution < -0.4 is 15.2 Å². The maximum Gasteiger partial charge on any atom is 0.161 e. The van der Waals surface area contributed by atoms with E-state index in [0.717, 1.165) is 29.9 Å². The molecule has 0 aliphatic heterocycles. The van der Waals surface area contributed by atoms with E-state index in [4.69, 9.17) is 19.7 Å². The van der Waals surface area contributed by atoms with Crippen molar-refractivity contribution >= 4 is 0 Å². The summed E-state index contributed by atoms with van der Waals surface area (Å²) in [6.45, 7) is 4.28. The third kappa shape index (κ3) is 4.23. The molecule has 21 heavy (non-hydrogen) atoms. The number of nitrogens with two attached hydrogens (primary N) is 1. The summed E-state index contributed by atoms with van der Waals surface area (Å²) in [5.74, 6) is 2.16. The lowest BCUT2D eigenvalue weighted by Gasteiger charge is -2.13. The summed E-state index contributed by atoms with van der Waals surface area (Å²) in [6, 6.07) is 7.91. The Morgan fingerprint density at radius 2 is 2.10 bits per heavy atom. The molecule has 1 heterocycles. The van der Waals surface area contributed by atoms with Crippen LogP contribution in [-0.2, 0) is 13.0 Å². The average molecular weight is 290 g/mol. The zero-order valence-electron chi connectivity index (χ0n) is 12.8. The number of aromatic nitrogens is 1. The number of rotatable bonds is 7. The van der Waals surface area contributed by atoms with Gasteiger partial charge >= 0.3 is 0 Å². The minimum atomic E-state index is 0.166. The van der Waals surface area contributed by atoms with Gasteiger partial charge in [-0.1, -0.05) is 18.1 Å². The first-order chi connectivity index (χ1) is 10.1. The third-order valence-electron chi connectivity index (χ3n) is 3.30. The van der Waals surface area contributed by atoms with Crippen molar-refractivity contribution in [3.05, 3.63) is 41.3 Å². The summed E-state index contributed by atoms with van der Waals surface area (Å²) in [5.41, 5.74) is 7.88. The van der Waals surface area contributed by atoms with E-state index < -0.39 is 0 Å². The van der Waals surface area contributed by atoms with Crippen molar-refractivity contribution in [3.63, 3.8) is 0 Å². The molecule has 2 N–H and O–H groups in total. The van der Waals surface area contributed by atoms with Gasteiger partial charge in [-0.05, 0) is 37.5 Å². The minimum Gasteiger partial charge on any atom is -0.493 e. The van der Waals surface area contributed by atoms with Crippen molar-refractivity contribution < 1.29 is 14.0 Å². The van der Waals surface area contributed by atoms with Gasteiger partial charge in [-0.3, -0.25) is 0 Å². The zero-order chi connectivity index (χ0) is 15.2. The van der Waals surface area contributed by atoms with Crippen molar-refractivity contribution in [2.24, 2.45) is 5.73 Å². The van der Waals surface area contributed by atoms with Gasteiger partial charge in [-0.25, -0.2) is 0 Å². The van der Waals surface area contributed by atoms with E-state index in [1.165, 1.54) is 0 Å². The number of ether oxygens (including phenoxy) is 2. The molecule has 0 saturated carbocycles. The van der Waals surface area contributed by atoms with Crippen LogP contribution in [0.3, 0.4) is 0 Å². The first-order valence-corrected chi connectivity index (χ1v) is 7.09. The second kappa shape index (κ2) is 7.13. The molecule has 0 amide bonds. The molecule has 0 aliphatic rings. The van der Waals surface area contributed by atoms with Gasteiger partial charge in [0.1, 0.15) is 18.1 Å². The average Bonchev–Trinajstić information content (AvgIpc) is 2.91. The van der Waals surface area contributed by atoms with Gasteiger partial charge in [0.05, 0.1) is 7.11 Å². The molecule has 1 aromatic heterocycles. The highest BCUT2D eigenvalue weighted by Gasteiger charge is 2.09. The second-order valence-corrected chi connectivity index (χ2v) is 5.08. The monoisotopic (exact) mass is 290 g/mol. The molecule has 0 radical (unpaired) electrons. The first-order valence-electron chi connectivity index (χ1n) is 7.09. The first kappa shape index (κ1) is 15.4. The number of aryl methyl sites for hydroxylation is 1. The fourth-order valence-corrected chi connectivity index (χ4v) is 2.04. The lowest BCUT2D eigenvalue weighted by Crippen LogP contribution is -2.21. The van der Waals surface area contributed by atoms with Crippen LogP contribution in [0.25, 0.3) is 0 Å². The van der Waals surface area contributed by atoms with Crippen LogP contribution in [0.4, 0.5) is 0 Å². The van der Waals surface area contributed by atoms with Gasteiger partial charge < -0.3 is 19.7 Å². The van der Waals surface area contributed by atoms with Crippen LogP contribution in [-0.4, -0.2) is 18.3 Å². The van der Waals surface area contributed by atoms with E-state index in [2.05, 4.69) is 12.1 Å². The van der Waals surface area contributed by atoms with Crippen molar-refractivity contribution in [1.29, 1.82) is 0 Å². The summed E-state index contributed by atoms with van der Waals surface area (Å²) < 4.78 is 16.1. The number of nitrogens with zero attached hydrogens (tertiary/aromatic N) is 1. The quantitative estimate of drug-likeness (QED) is 0.849. The fraction of sp³-hybridized carbons (Fsp3) is 0.438. The zero-order valence-corrected chi connectivity index (χ0v) is 12.8. The predicted molar refractivity (Wildman–Crippen MR) is 80.5 cm³/mol. The van der Waals surface area contributed by atoms with Crippen LogP contribution in [0.1, 0.15) is 30.4 Å². The molecule has 0 saturated heterocycles. The molecule has 0 aliphatic carbocycles. The van der Waals surface area contributed by atoms with Gasteiger partial charge in [0.25, 0.3) is 0 Å². The maximum atomic E-state index is 5.98. The van der Waals surface area contributed by atoms with Crippen LogP contribution >= 0.6 is 0 Å². The number of methoxy groups -OCH3 is 1. The summed E-state index contributed by atoms with van der Waals surface area (Å²) in [5, 5.41) is 3.90. The highest BCUT2D eigenvalue weighted by atomic mass is 16.5. The van der Waals surface area contributed by atoms with Crippen molar-refractivity contribution in [2.45, 2.75) is 39.3 Å². The van der Waals surface area contributed by atoms with Gasteiger partial charge in [0, 0.05) is 12.1 Å². The van der Waals surface area contributed by atoms with Gasteiger partial charge in [0.15, 0.2) is 11.5 Å². The maximum absolute atomic E-state index is 5.98. The highest BCUT2D eigenvalue weighted by Crippen LogP contribution is 2.29. The van der Waals surface area contributed by atoms with E-state index in [1.54, 1.807) is 7.11 Å². The van der Waals surface area contributed by atoms with Gasteiger partial charge in [-0.15, -0.1) is 0 Å². The molecule has 0 spiro atoms. The lowest BCUT2D eigenvalue weighted by molar-refractivity contribution is 0.271. The molecule has 0 fully saturated rings. The smallest absolute Gasteiger partial charge is 0.161 e. The predicted octanol–water partition coefficient (Wildman–Crippen LogP) is 2.85. The second-order valence-electron chi connectivity index (χ2n) is 5.08. The molecule has 5 heteroatoms. The van der Waals surface area contributed by atoms with E-state index in [-0.39, 0.29) is 6.04 Å². The van der Waals surface area contributed by atoms with Gasteiger partial charge in [-0.2, -0.15) is 0 Å². The Balaban J connectivity index is 2.05. The summed E-state index contributed by atoms with van der Waals surface area (Å²) >= 11 is 0. The number of benzene rings is 1. The standard InChI is InChI=1S/C16H22N2O3/c1-4-13(17)8-12-5-6-15(16(9-12)19-3)20-10-14-7-11(2)21-18-14/h5-7,9,13H,4,8,10,17H2,1-3H3. The summed E-state index contributed by atoms with van der Waals surface area (Å²) in [6.07, 6.45) is 1.78. The van der Waals surface area contributed by atoms with E-state index in [1.807, 2.05) is 31.2 Å². The molecular formula is C16H22N2O3. The Labute approximate surface area is 125 Å². The van der Waals surface area contributed by atoms with E-state index in [0.29, 0.717) is 18.1 Å². The fourth-order valence-electron chi connectivity index (χ4n) is 2.04. The third-order valence-corrected chi connectivity index (χ3v) is 3.30. The van der Waals surface area contributed by atoms with Crippen LogP contribution in [0.15, 0.2) is 28.8 Å². The Hall–Kier alpha value is -2.01. The van der Waals surface area contributed by atoms with Crippen molar-refractivity contribution in [1.82, 2.24) is 5.16 Å². The van der Waals surface area contributed by atoms with Crippen LogP contribution in [0.2, 0.25) is 0 Å². The highest BCUT2D eigenvalue weighted by molar-refractivity contribution is 5.43. The summed E-state index contributed by atoms with van der Waals surface area (Å²) in [7, 11) is 1.63. The lowest BCUT2D eigenvalue weighted by atomic mass is 10.0. The molecule has 1 unspecified atom stereocenters. The van der Waals surface area contributed by atoms with Crippen molar-refractivity contribution in [3.8, 4) is 11.5 Å². The summed E-state index contributed by atoms with van der Waals surface area (Å²) in [4.78, 5) is 0. The van der Waals surface area contributed by atoms with Crippen LogP contribution in [0.5, 0.6) is 11.5 Å². The van der Waals surface area contributed by atoms with E-state index in [9.17, 15) is 0 Å². The molecule has 2 aromatic rings. The molecule has 0 bridgehead atoms. The number of hydrogen-bond acceptors (Lipinski definition) is 5. The largest absolute Gasteiger partial charge is 0.493 e. The molecule has 5 nitrogen and oxygen atoms in total. The van der Waals surface area contributed by atoms with E-state index >= 15 is 0 Å². The Morgan fingerprint density at radius 3 is 2.71 bits per heavy atom. The molecule has 2 rings (SSSR count). The topological polar surface area (TPSA) is 70.5 Å². The Kier molecular flexibility index (Phi) is 5.22. The van der Waals surface area contributed by atoms with Crippen molar-refractivity contribution in [2.75, 3.05) is 7.11 Å². The molecule has 114 valence electrons. The normalized spacial score (nSPS) is 12.2. The number of hydrogen-bond donors (Lipinski definition) is 1. The van der Waals surface area contributed by atoms with Gasteiger partial charge in [0.2, 0.25) is 0 Å². The molecular weight excluding hydrogens is 268 g/mol. The Bertz CT molecular complexity index is 581. The Morgan fingerprint density at radius 1 is 1.29 bits per heavy atom. The van der Waals surface area contributed by atoms with Crippen LogP contribution in [0, 0.1) is 6.92 Å². The minimum absolute atomic E-state index is 0.166. The SMILES string of the molecule is CCC(N)Cc1ccc(OCc2cc(C)on2)c(OC)c1.